The zero-order valence-electron chi connectivity index (χ0n) is 12.0. The zero-order valence-corrected chi connectivity index (χ0v) is 19.4. The molecule has 0 saturated carbocycles. The standard InChI is InChI=1S/2CH2O3.4CH3.6H2O.3Zr/c2*2-1(3)4;;;;;;;;;;;;;/h2*(H2,2,3,4);4*1H3;6*1H2;;;/q;;4*-1;;;;;;;;2*+2/p-2. The summed E-state index contributed by atoms with van der Waals surface area (Å²) in [6.45, 7) is 0. The molecule has 0 atom stereocenters. The Bertz CT molecular complexity index is 87.0. The molecule has 0 amide bonds. The molecular weight excluding hydrogens is 538 g/mol. The van der Waals surface area contributed by atoms with Gasteiger partial charge in [-0.3, -0.25) is 0 Å². The molecule has 0 aromatic heterocycles. The molecule has 21 heavy (non-hydrogen) atoms. The molecule has 0 heterocycles. The molecule has 0 spiro atoms. The Morgan fingerprint density at radius 2 is 0.571 bits per heavy atom. The van der Waals surface area contributed by atoms with Crippen molar-refractivity contribution in [1.82, 2.24) is 0 Å². The van der Waals surface area contributed by atoms with Gasteiger partial charge >= 0.3 is 52.4 Å². The van der Waals surface area contributed by atoms with Gasteiger partial charge in [-0.05, 0) is 0 Å². The molecule has 0 aliphatic heterocycles. The van der Waals surface area contributed by atoms with Crippen LogP contribution >= 0.6 is 0 Å². The fraction of sp³-hybridized carbons (Fsp3) is 0. The Hall–Kier alpha value is 0.949. The third-order valence-electron chi connectivity index (χ3n) is 0. The smallest absolute Gasteiger partial charge is 0.565 e. The molecule has 14 N–H and O–H groups in total. The van der Waals surface area contributed by atoms with Gasteiger partial charge < -0.3 is 92.6 Å². The Morgan fingerprint density at radius 1 is 0.571 bits per heavy atom. The van der Waals surface area contributed by atoms with Crippen LogP contribution in [0, 0.1) is 29.7 Å². The molecule has 0 aromatic rings. The molecule has 0 saturated heterocycles. The van der Waals surface area contributed by atoms with Gasteiger partial charge in [-0.15, -0.1) is 0 Å². The predicted octanol–water partition coefficient (Wildman–Crippen LogP) is -5.38. The Balaban J connectivity index is -0.00000000163. The summed E-state index contributed by atoms with van der Waals surface area (Å²) >= 11 is 0. The number of carboxylic acid groups (broad SMARTS) is 4. The molecule has 0 aromatic carbocycles. The average molecular weight is 564 g/mol. The number of hydrogen-bond acceptors (Lipinski definition) is 4. The van der Waals surface area contributed by atoms with Gasteiger partial charge in [0, 0.05) is 26.2 Å². The molecule has 0 unspecified atom stereocenters. The Kier molecular flexibility index (Phi) is 1640. The van der Waals surface area contributed by atoms with E-state index in [1.807, 2.05) is 0 Å². The molecular formula is C6H26O12Zr3-2. The van der Waals surface area contributed by atoms with Crippen LogP contribution in [-0.4, -0.2) is 55.4 Å². The van der Waals surface area contributed by atoms with Gasteiger partial charge in [-0.2, -0.15) is 0 Å². The summed E-state index contributed by atoms with van der Waals surface area (Å²) in [6.07, 6.45) is -4.17. The number of hydrogen-bond donors (Lipinski definition) is 2. The molecule has 0 rings (SSSR count). The van der Waals surface area contributed by atoms with Crippen LogP contribution in [0.3, 0.4) is 0 Å². The Labute approximate surface area is 182 Å². The van der Waals surface area contributed by atoms with E-state index in [1.54, 1.807) is 0 Å². The van der Waals surface area contributed by atoms with E-state index in [-0.39, 0.29) is 141 Å². The first-order valence-electron chi connectivity index (χ1n) is 1.26. The second-order valence-electron chi connectivity index (χ2n) is 0.532. The van der Waals surface area contributed by atoms with Crippen LogP contribution < -0.4 is 10.2 Å². The van der Waals surface area contributed by atoms with Gasteiger partial charge in [0.05, 0.1) is 0 Å². The minimum Gasteiger partial charge on any atom is -0.565 e. The molecule has 15 heteroatoms. The van der Waals surface area contributed by atoms with Crippen molar-refractivity contribution in [2.24, 2.45) is 0 Å². The van der Waals surface area contributed by atoms with E-state index in [9.17, 15) is 0 Å². The van der Waals surface area contributed by atoms with E-state index in [1.165, 1.54) is 0 Å². The summed E-state index contributed by atoms with van der Waals surface area (Å²) < 4.78 is 0. The fourth-order valence-electron chi connectivity index (χ4n) is 0. The molecule has 136 valence electrons. The first-order chi connectivity index (χ1) is 3.46. The topological polar surface area (TPSA) is 310 Å². The third kappa shape index (κ3) is 8350. The van der Waals surface area contributed by atoms with E-state index in [0.29, 0.717) is 0 Å². The van der Waals surface area contributed by atoms with Crippen molar-refractivity contribution >= 4 is 12.3 Å². The minimum atomic E-state index is -2.08. The summed E-state index contributed by atoms with van der Waals surface area (Å²) in [4.78, 5) is 16.9. The maximum absolute atomic E-state index is 8.44. The normalized spacial score (nSPS) is 2.29. The largest absolute Gasteiger partial charge is 2.00 e. The first kappa shape index (κ1) is 199. The summed E-state index contributed by atoms with van der Waals surface area (Å²) in [5, 5.41) is 30.6. The summed E-state index contributed by atoms with van der Waals surface area (Å²) in [5.74, 6) is 0. The zero-order chi connectivity index (χ0) is 7.15. The molecule has 0 bridgehead atoms. The fourth-order valence-corrected chi connectivity index (χ4v) is 0. The van der Waals surface area contributed by atoms with Crippen LogP contribution in [0.5, 0.6) is 0 Å². The van der Waals surface area contributed by atoms with Crippen LogP contribution in [0.25, 0.3) is 0 Å². The first-order valence-corrected chi connectivity index (χ1v) is 1.26. The molecule has 0 radical (unpaired) electrons. The third-order valence-corrected chi connectivity index (χ3v) is 0. The SMILES string of the molecule is O.O.O.O.O.O.O=C([O-])O.O=C([O-])O.[CH3-].[CH3-].[CH3-].[CH3-].[Zr+2].[Zr+2].[Zr]. The second-order valence-corrected chi connectivity index (χ2v) is 0.532. The summed E-state index contributed by atoms with van der Waals surface area (Å²) in [7, 11) is 0. The van der Waals surface area contributed by atoms with E-state index < -0.39 is 12.3 Å². The van der Waals surface area contributed by atoms with Gasteiger partial charge in [-0.25, -0.2) is 0 Å². The van der Waals surface area contributed by atoms with Gasteiger partial charge in [0.15, 0.2) is 0 Å². The van der Waals surface area contributed by atoms with Crippen molar-refractivity contribution in [2.75, 3.05) is 0 Å². The van der Waals surface area contributed by atoms with E-state index in [2.05, 4.69) is 0 Å². The van der Waals surface area contributed by atoms with Crippen molar-refractivity contribution in [3.05, 3.63) is 29.7 Å². The molecule has 0 aliphatic carbocycles. The van der Waals surface area contributed by atoms with Gasteiger partial charge in [0.25, 0.3) is 0 Å². The molecule has 12 nitrogen and oxygen atoms in total. The van der Waals surface area contributed by atoms with Crippen LogP contribution in [-0.2, 0) is 78.6 Å². The molecule has 0 fully saturated rings. The van der Waals surface area contributed by atoms with Crippen molar-refractivity contribution < 1.29 is 141 Å². The van der Waals surface area contributed by atoms with E-state index in [4.69, 9.17) is 30.0 Å². The van der Waals surface area contributed by atoms with E-state index >= 15 is 0 Å². The molecule has 0 aliphatic rings. The van der Waals surface area contributed by atoms with Crippen LogP contribution in [0.1, 0.15) is 0 Å². The maximum atomic E-state index is 8.44. The van der Waals surface area contributed by atoms with Crippen LogP contribution in [0.15, 0.2) is 0 Å². The Morgan fingerprint density at radius 3 is 0.571 bits per heavy atom. The van der Waals surface area contributed by atoms with Crippen molar-refractivity contribution in [1.29, 1.82) is 0 Å². The quantitative estimate of drug-likeness (QED) is 0.270. The van der Waals surface area contributed by atoms with E-state index in [0.717, 1.165) is 0 Å². The summed E-state index contributed by atoms with van der Waals surface area (Å²) in [6, 6.07) is 0. The van der Waals surface area contributed by atoms with Crippen molar-refractivity contribution in [2.45, 2.75) is 0 Å². The van der Waals surface area contributed by atoms with Gasteiger partial charge in [0.2, 0.25) is 12.3 Å². The monoisotopic (exact) mass is 560 g/mol. The van der Waals surface area contributed by atoms with Crippen molar-refractivity contribution in [3.8, 4) is 0 Å². The predicted molar refractivity (Wildman–Crippen MR) is 63.4 cm³/mol. The number of rotatable bonds is 0. The minimum absolute atomic E-state index is 0. The van der Waals surface area contributed by atoms with Crippen LogP contribution in [0.2, 0.25) is 0 Å². The van der Waals surface area contributed by atoms with Crippen LogP contribution in [0.4, 0.5) is 9.59 Å². The maximum Gasteiger partial charge on any atom is 2.00 e. The van der Waals surface area contributed by atoms with Gasteiger partial charge in [0.1, 0.15) is 0 Å². The average Bonchev–Trinajstić information content (AvgIpc) is 1.25. The summed E-state index contributed by atoms with van der Waals surface area (Å²) in [5.41, 5.74) is 0. The van der Waals surface area contributed by atoms with Gasteiger partial charge in [-0.1, -0.05) is 0 Å². The second kappa shape index (κ2) is 173. The number of carbonyl (C=O) groups is 2. The van der Waals surface area contributed by atoms with Crippen molar-refractivity contribution in [3.63, 3.8) is 0 Å².